The molecular weight excluding hydrogens is 452 g/mol. The first-order valence-corrected chi connectivity index (χ1v) is 10.3. The molecule has 8 heteroatoms. The summed E-state index contributed by atoms with van der Waals surface area (Å²) in [7, 11) is 3.12. The third-order valence-electron chi connectivity index (χ3n) is 5.08. The number of rotatable bonds is 7. The average Bonchev–Trinajstić information content (AvgIpc) is 3.02. The molecule has 1 saturated heterocycles. The quantitative estimate of drug-likeness (QED) is 0.575. The Labute approximate surface area is 183 Å². The largest absolute Gasteiger partial charge is 0.493 e. The standard InChI is InChI=1S/C22H23BrN2O5/c1-14(26)24(11-10-15-4-9-19(29-2)20(12-15)30-3)18-13-21(27)25(22(18)28)17-7-5-16(23)6-8-17/h4-9,12,18H,10-11,13H2,1-3H3/t18-/m1/s1. The minimum atomic E-state index is -0.807. The Morgan fingerprint density at radius 3 is 2.37 bits per heavy atom. The average molecular weight is 475 g/mol. The van der Waals surface area contributed by atoms with E-state index in [4.69, 9.17) is 9.47 Å². The summed E-state index contributed by atoms with van der Waals surface area (Å²) in [5.41, 5.74) is 1.43. The molecule has 3 rings (SSSR count). The molecule has 0 aromatic heterocycles. The van der Waals surface area contributed by atoms with Crippen LogP contribution in [0.5, 0.6) is 11.5 Å². The van der Waals surface area contributed by atoms with Crippen LogP contribution in [0.1, 0.15) is 18.9 Å². The van der Waals surface area contributed by atoms with Crippen molar-refractivity contribution in [2.24, 2.45) is 0 Å². The Hall–Kier alpha value is -2.87. The Bertz CT molecular complexity index is 961. The van der Waals surface area contributed by atoms with E-state index in [1.54, 1.807) is 44.6 Å². The molecule has 1 aliphatic heterocycles. The highest BCUT2D eigenvalue weighted by molar-refractivity contribution is 9.10. The number of imide groups is 1. The number of carbonyl (C=O) groups excluding carboxylic acids is 3. The summed E-state index contributed by atoms with van der Waals surface area (Å²) in [4.78, 5) is 40.5. The summed E-state index contributed by atoms with van der Waals surface area (Å²) in [6, 6.07) is 11.6. The van der Waals surface area contributed by atoms with Gasteiger partial charge in [0.25, 0.3) is 5.91 Å². The van der Waals surface area contributed by atoms with Crippen molar-refractivity contribution < 1.29 is 23.9 Å². The Balaban J connectivity index is 1.76. The third kappa shape index (κ3) is 4.48. The first-order chi connectivity index (χ1) is 14.3. The van der Waals surface area contributed by atoms with Gasteiger partial charge < -0.3 is 14.4 Å². The second-order valence-corrected chi connectivity index (χ2v) is 7.83. The Morgan fingerprint density at radius 1 is 1.10 bits per heavy atom. The van der Waals surface area contributed by atoms with Gasteiger partial charge in [-0.05, 0) is 48.4 Å². The van der Waals surface area contributed by atoms with Gasteiger partial charge in [-0.1, -0.05) is 22.0 Å². The van der Waals surface area contributed by atoms with Crippen molar-refractivity contribution in [1.29, 1.82) is 0 Å². The van der Waals surface area contributed by atoms with Gasteiger partial charge >= 0.3 is 0 Å². The lowest BCUT2D eigenvalue weighted by Crippen LogP contribution is -2.45. The van der Waals surface area contributed by atoms with Crippen LogP contribution in [0.3, 0.4) is 0 Å². The first-order valence-electron chi connectivity index (χ1n) is 9.46. The van der Waals surface area contributed by atoms with Gasteiger partial charge in [0.1, 0.15) is 6.04 Å². The van der Waals surface area contributed by atoms with E-state index in [1.807, 2.05) is 12.1 Å². The molecule has 1 heterocycles. The SMILES string of the molecule is COc1ccc(CCN(C(C)=O)[C@@H]2CC(=O)N(c3ccc(Br)cc3)C2=O)cc1OC. The van der Waals surface area contributed by atoms with Crippen LogP contribution in [-0.2, 0) is 20.8 Å². The maximum Gasteiger partial charge on any atom is 0.257 e. The molecule has 0 saturated carbocycles. The van der Waals surface area contributed by atoms with Gasteiger partial charge in [-0.15, -0.1) is 0 Å². The van der Waals surface area contributed by atoms with Crippen molar-refractivity contribution in [2.75, 3.05) is 25.7 Å². The lowest BCUT2D eigenvalue weighted by atomic mass is 10.1. The summed E-state index contributed by atoms with van der Waals surface area (Å²) in [6.07, 6.45) is 0.483. The number of benzene rings is 2. The fraction of sp³-hybridized carbons (Fsp3) is 0.318. The maximum absolute atomic E-state index is 13.0. The van der Waals surface area contributed by atoms with Crippen molar-refractivity contribution in [3.63, 3.8) is 0 Å². The number of carbonyl (C=O) groups is 3. The number of anilines is 1. The predicted molar refractivity (Wildman–Crippen MR) is 116 cm³/mol. The van der Waals surface area contributed by atoms with Gasteiger partial charge in [-0.25, -0.2) is 4.90 Å². The third-order valence-corrected chi connectivity index (χ3v) is 5.61. The monoisotopic (exact) mass is 474 g/mol. The minimum Gasteiger partial charge on any atom is -0.493 e. The number of methoxy groups -OCH3 is 2. The van der Waals surface area contributed by atoms with Crippen LogP contribution in [0.4, 0.5) is 5.69 Å². The molecule has 2 aromatic rings. The maximum atomic E-state index is 13.0. The molecule has 0 bridgehead atoms. The predicted octanol–water partition coefficient (Wildman–Crippen LogP) is 3.19. The number of nitrogens with zero attached hydrogens (tertiary/aromatic N) is 2. The van der Waals surface area contributed by atoms with E-state index in [0.717, 1.165) is 14.9 Å². The van der Waals surface area contributed by atoms with E-state index in [2.05, 4.69) is 15.9 Å². The number of ether oxygens (including phenoxy) is 2. The number of hydrogen-bond acceptors (Lipinski definition) is 5. The number of hydrogen-bond donors (Lipinski definition) is 0. The molecule has 0 aliphatic carbocycles. The molecule has 30 heavy (non-hydrogen) atoms. The molecule has 7 nitrogen and oxygen atoms in total. The van der Waals surface area contributed by atoms with E-state index in [9.17, 15) is 14.4 Å². The zero-order valence-electron chi connectivity index (χ0n) is 17.1. The Morgan fingerprint density at radius 2 is 1.77 bits per heavy atom. The topological polar surface area (TPSA) is 76.2 Å². The fourth-order valence-corrected chi connectivity index (χ4v) is 3.80. The van der Waals surface area contributed by atoms with Crippen molar-refractivity contribution in [3.05, 3.63) is 52.5 Å². The molecular formula is C22H23BrN2O5. The molecule has 2 aromatic carbocycles. The van der Waals surface area contributed by atoms with Gasteiger partial charge in [0.05, 0.1) is 26.3 Å². The van der Waals surface area contributed by atoms with Crippen molar-refractivity contribution >= 4 is 39.3 Å². The van der Waals surface area contributed by atoms with Crippen LogP contribution in [0.25, 0.3) is 0 Å². The second kappa shape index (κ2) is 9.30. The molecule has 0 N–H and O–H groups in total. The van der Waals surface area contributed by atoms with E-state index < -0.39 is 6.04 Å². The zero-order valence-corrected chi connectivity index (χ0v) is 18.6. The lowest BCUT2D eigenvalue weighted by Gasteiger charge is -2.26. The van der Waals surface area contributed by atoms with Crippen LogP contribution in [0.2, 0.25) is 0 Å². The van der Waals surface area contributed by atoms with Crippen LogP contribution >= 0.6 is 15.9 Å². The van der Waals surface area contributed by atoms with Gasteiger partial charge in [-0.3, -0.25) is 14.4 Å². The van der Waals surface area contributed by atoms with E-state index >= 15 is 0 Å². The number of halogens is 1. The lowest BCUT2D eigenvalue weighted by molar-refractivity contribution is -0.136. The van der Waals surface area contributed by atoms with Crippen LogP contribution < -0.4 is 14.4 Å². The summed E-state index contributed by atoms with van der Waals surface area (Å²) in [5.74, 6) is 0.262. The van der Waals surface area contributed by atoms with Crippen molar-refractivity contribution in [2.45, 2.75) is 25.8 Å². The summed E-state index contributed by atoms with van der Waals surface area (Å²) in [6.45, 7) is 1.72. The highest BCUT2D eigenvalue weighted by atomic mass is 79.9. The van der Waals surface area contributed by atoms with Gasteiger partial charge in [0, 0.05) is 17.9 Å². The van der Waals surface area contributed by atoms with Gasteiger partial charge in [0.15, 0.2) is 11.5 Å². The second-order valence-electron chi connectivity index (χ2n) is 6.92. The van der Waals surface area contributed by atoms with E-state index in [0.29, 0.717) is 30.2 Å². The smallest absolute Gasteiger partial charge is 0.257 e. The summed E-state index contributed by atoms with van der Waals surface area (Å²) < 4.78 is 11.4. The van der Waals surface area contributed by atoms with Crippen LogP contribution in [-0.4, -0.2) is 49.4 Å². The van der Waals surface area contributed by atoms with Crippen LogP contribution in [0.15, 0.2) is 46.9 Å². The molecule has 1 aliphatic rings. The molecule has 3 amide bonds. The van der Waals surface area contributed by atoms with Crippen LogP contribution in [0, 0.1) is 0 Å². The Kier molecular flexibility index (Phi) is 6.77. The van der Waals surface area contributed by atoms with E-state index in [-0.39, 0.29) is 24.1 Å². The van der Waals surface area contributed by atoms with Crippen molar-refractivity contribution in [1.82, 2.24) is 4.90 Å². The first kappa shape index (κ1) is 21.8. The highest BCUT2D eigenvalue weighted by Crippen LogP contribution is 2.29. The van der Waals surface area contributed by atoms with Gasteiger partial charge in [0.2, 0.25) is 11.8 Å². The molecule has 1 atom stereocenters. The molecule has 1 fully saturated rings. The molecule has 0 spiro atoms. The van der Waals surface area contributed by atoms with Gasteiger partial charge in [-0.2, -0.15) is 0 Å². The molecule has 0 unspecified atom stereocenters. The number of amides is 3. The summed E-state index contributed by atoms with van der Waals surface area (Å²) in [5, 5.41) is 0. The fourth-order valence-electron chi connectivity index (χ4n) is 3.54. The summed E-state index contributed by atoms with van der Waals surface area (Å²) >= 11 is 3.34. The normalized spacial score (nSPS) is 16.0. The highest BCUT2D eigenvalue weighted by Gasteiger charge is 2.43. The molecule has 0 radical (unpaired) electrons. The molecule has 158 valence electrons. The minimum absolute atomic E-state index is 0.0274. The van der Waals surface area contributed by atoms with E-state index in [1.165, 1.54) is 11.8 Å². The zero-order chi connectivity index (χ0) is 21.8. The van der Waals surface area contributed by atoms with Crippen molar-refractivity contribution in [3.8, 4) is 11.5 Å².